The molecular weight excluding hydrogens is 683 g/mol. The van der Waals surface area contributed by atoms with Gasteiger partial charge in [0, 0.05) is 20.9 Å². The van der Waals surface area contributed by atoms with Crippen molar-refractivity contribution in [3.8, 4) is 0 Å². The first-order valence-corrected chi connectivity index (χ1v) is 18.0. The van der Waals surface area contributed by atoms with Gasteiger partial charge in [0.05, 0.1) is 10.9 Å². The van der Waals surface area contributed by atoms with Crippen LogP contribution in [0.3, 0.4) is 0 Å². The summed E-state index contributed by atoms with van der Waals surface area (Å²) in [6, 6.07) is 36.8. The summed E-state index contributed by atoms with van der Waals surface area (Å²) >= 11 is 1.62. The van der Waals surface area contributed by atoms with E-state index in [9.17, 15) is 38.8 Å². The van der Waals surface area contributed by atoms with Crippen LogP contribution in [0.1, 0.15) is 42.3 Å². The van der Waals surface area contributed by atoms with Gasteiger partial charge in [0.2, 0.25) is 0 Å². The Labute approximate surface area is 274 Å². The number of rotatable bonds is 7. The maximum atomic E-state index is 13.6. The van der Waals surface area contributed by atoms with Gasteiger partial charge in [0.15, 0.2) is 20.5 Å². The van der Waals surface area contributed by atoms with Crippen LogP contribution in [0.5, 0.6) is 0 Å². The molecule has 0 radical (unpaired) electrons. The molecule has 0 aliphatic rings. The Morgan fingerprint density at radius 1 is 0.532 bits per heavy atom. The Morgan fingerprint density at radius 2 is 0.830 bits per heavy atom. The van der Waals surface area contributed by atoms with E-state index in [-0.39, 0.29) is 22.8 Å². The van der Waals surface area contributed by atoms with E-state index in [0.717, 1.165) is 24.5 Å². The van der Waals surface area contributed by atoms with E-state index >= 15 is 0 Å². The van der Waals surface area contributed by atoms with E-state index in [0.29, 0.717) is 11.1 Å². The molecule has 0 N–H and O–H groups in total. The predicted octanol–water partition coefficient (Wildman–Crippen LogP) is 13.1. The van der Waals surface area contributed by atoms with Crippen molar-refractivity contribution in [2.45, 2.75) is 50.7 Å². The van der Waals surface area contributed by atoms with Gasteiger partial charge in [-0.1, -0.05) is 56.8 Å². The third kappa shape index (κ3) is 11.8. The number of carbonyl (C=O) groups excluding carboxylic acids is 1. The summed E-state index contributed by atoms with van der Waals surface area (Å²) in [5, 5.41) is 0. The zero-order valence-corrected chi connectivity index (χ0v) is 27.8. The Morgan fingerprint density at radius 3 is 1.17 bits per heavy atom. The number of hydrogen-bond donors (Lipinski definition) is 0. The van der Waals surface area contributed by atoms with Crippen molar-refractivity contribution >= 4 is 36.2 Å². The first kappa shape index (κ1) is 36.2. The minimum absolute atomic E-state index is 0.00924. The molecule has 5 rings (SSSR count). The Bertz CT molecular complexity index is 1760. The van der Waals surface area contributed by atoms with Gasteiger partial charge in [-0.3, -0.25) is 4.79 Å². The minimum atomic E-state index is -10.7. The summed E-state index contributed by atoms with van der Waals surface area (Å²) in [7, 11) is -11.2. The summed E-state index contributed by atoms with van der Waals surface area (Å²) in [5.74, 6) is -0.566. The molecule has 0 unspecified atom stereocenters. The molecule has 0 bridgehead atoms. The van der Waals surface area contributed by atoms with Crippen LogP contribution in [-0.2, 0) is 16.3 Å². The van der Waals surface area contributed by atoms with Crippen molar-refractivity contribution < 1.29 is 38.8 Å². The molecule has 0 spiro atoms. The number of carbonyl (C=O) groups is 1. The van der Waals surface area contributed by atoms with E-state index < -0.39 is 18.7 Å². The molecule has 0 saturated carbocycles. The molecule has 0 aliphatic heterocycles. The zero-order valence-electron chi connectivity index (χ0n) is 25.2. The average Bonchev–Trinajstić information content (AvgIpc) is 2.98. The second-order valence-corrected chi connectivity index (χ2v) is 16.5. The van der Waals surface area contributed by atoms with Crippen LogP contribution < -0.4 is 0 Å². The first-order valence-electron chi connectivity index (χ1n) is 14.0. The molecule has 0 heterocycles. The van der Waals surface area contributed by atoms with Crippen LogP contribution in [0.25, 0.3) is 0 Å². The number of hydrogen-bond acceptors (Lipinski definition) is 2. The Hall–Kier alpha value is -3.66. The van der Waals surface area contributed by atoms with Crippen LogP contribution in [-0.4, -0.2) is 5.78 Å². The van der Waals surface area contributed by atoms with Crippen LogP contribution in [0, 0.1) is 11.6 Å². The average molecular weight is 713 g/mol. The molecule has 12 heteroatoms. The fourth-order valence-corrected chi connectivity index (χ4v) is 7.15. The Kier molecular flexibility index (Phi) is 10.1. The summed E-state index contributed by atoms with van der Waals surface area (Å²) < 4.78 is 86.4. The second-order valence-electron chi connectivity index (χ2n) is 11.4. The van der Waals surface area contributed by atoms with E-state index in [1.54, 1.807) is 36.0 Å². The van der Waals surface area contributed by atoms with Gasteiger partial charge in [-0.15, -0.1) is 0 Å². The van der Waals surface area contributed by atoms with E-state index in [1.165, 1.54) is 29.8 Å². The molecule has 0 aliphatic carbocycles. The predicted molar refractivity (Wildman–Crippen MR) is 174 cm³/mol. The molecule has 0 amide bonds. The SMILES string of the molecule is CC(C)(C)c1ccc(C(=O)c2ccc(Sc3ccc([S+](c4ccc(F)cc4)c4ccc(F)cc4)cc3)cc2)cc1.F[P-](F)(F)(F)(F)F. The van der Waals surface area contributed by atoms with E-state index in [1.807, 2.05) is 48.5 Å². The van der Waals surface area contributed by atoms with Crippen LogP contribution in [0.4, 0.5) is 34.0 Å². The van der Waals surface area contributed by atoms with Crippen molar-refractivity contribution in [3.05, 3.63) is 150 Å². The molecule has 0 fully saturated rings. The van der Waals surface area contributed by atoms with Crippen LogP contribution >= 0.6 is 19.6 Å². The molecule has 5 aromatic carbocycles. The zero-order chi connectivity index (χ0) is 34.7. The van der Waals surface area contributed by atoms with Gasteiger partial charge in [-0.25, -0.2) is 8.78 Å². The quantitative estimate of drug-likeness (QED) is 0.0723. The van der Waals surface area contributed by atoms with E-state index in [4.69, 9.17) is 0 Å². The fraction of sp³-hybridized carbons (Fsp3) is 0.114. The van der Waals surface area contributed by atoms with Crippen LogP contribution in [0.2, 0.25) is 0 Å². The topological polar surface area (TPSA) is 17.1 Å². The second kappa shape index (κ2) is 13.1. The van der Waals surface area contributed by atoms with Gasteiger partial charge in [-0.2, -0.15) is 0 Å². The monoisotopic (exact) mass is 712 g/mol. The molecule has 0 saturated heterocycles. The molecule has 0 atom stereocenters. The van der Waals surface area contributed by atoms with Gasteiger partial charge >= 0.3 is 33.0 Å². The fourth-order valence-electron chi connectivity index (χ4n) is 4.29. The molecule has 0 aromatic heterocycles. The summed E-state index contributed by atoms with van der Waals surface area (Å²) in [5.41, 5.74) is 2.58. The number of benzene rings is 5. The van der Waals surface area contributed by atoms with E-state index in [2.05, 4.69) is 45.0 Å². The summed E-state index contributed by atoms with van der Waals surface area (Å²) in [6.45, 7) is 6.47. The molecule has 248 valence electrons. The maximum absolute atomic E-state index is 13.6. The van der Waals surface area contributed by atoms with Crippen LogP contribution in [0.15, 0.2) is 146 Å². The number of ketones is 1. The summed E-state index contributed by atoms with van der Waals surface area (Å²) in [4.78, 5) is 18.1. The third-order valence-electron chi connectivity index (χ3n) is 6.52. The molecular formula is C35H29F8OPS2. The van der Waals surface area contributed by atoms with Gasteiger partial charge < -0.3 is 0 Å². The van der Waals surface area contributed by atoms with Crippen molar-refractivity contribution in [2.24, 2.45) is 0 Å². The van der Waals surface area contributed by atoms with Crippen molar-refractivity contribution in [1.82, 2.24) is 0 Å². The number of halogens is 8. The standard InChI is InChI=1S/C35H29F2OS2.F6P/c1-35(2,3)26-8-4-24(5-9-26)34(38)25-6-14-29(15-7-25)39-30-16-22-33(23-17-30)40(31-18-10-27(36)11-19-31)32-20-12-28(37)13-21-32;1-7(2,3,4,5)6/h4-23H,1-3H3;/q+1;-1. The molecule has 47 heavy (non-hydrogen) atoms. The first-order chi connectivity index (χ1) is 21.6. The molecule has 1 nitrogen and oxygen atoms in total. The third-order valence-corrected chi connectivity index (χ3v) is 9.77. The summed E-state index contributed by atoms with van der Waals surface area (Å²) in [6.07, 6.45) is 0. The Balaban J connectivity index is 0.000000644. The normalized spacial score (nSPS) is 13.3. The van der Waals surface area contributed by atoms with Crippen molar-refractivity contribution in [2.75, 3.05) is 0 Å². The van der Waals surface area contributed by atoms with Gasteiger partial charge in [-0.05, 0) is 108 Å². The van der Waals surface area contributed by atoms with Crippen molar-refractivity contribution in [3.63, 3.8) is 0 Å². The van der Waals surface area contributed by atoms with Crippen molar-refractivity contribution in [1.29, 1.82) is 0 Å². The van der Waals surface area contributed by atoms with Gasteiger partial charge in [0.25, 0.3) is 0 Å². The van der Waals surface area contributed by atoms with Gasteiger partial charge in [0.1, 0.15) is 11.6 Å². The molecule has 5 aromatic rings.